The molecule has 0 saturated carbocycles. The summed E-state index contributed by atoms with van der Waals surface area (Å²) in [5, 5.41) is 0. The lowest BCUT2D eigenvalue weighted by Gasteiger charge is -2.08. The average molecular weight is 156 g/mol. The third-order valence-corrected chi connectivity index (χ3v) is 2.33. The van der Waals surface area contributed by atoms with Gasteiger partial charge in [0.1, 0.15) is 0 Å². The van der Waals surface area contributed by atoms with Crippen LogP contribution in [0.5, 0.6) is 0 Å². The lowest BCUT2D eigenvalue weighted by molar-refractivity contribution is 0.455. The Hall–Kier alpha value is 0. The van der Waals surface area contributed by atoms with Crippen LogP contribution in [0.1, 0.15) is 65.7 Å². The van der Waals surface area contributed by atoms with Crippen molar-refractivity contribution in [3.8, 4) is 0 Å². The fraction of sp³-hybridized carbons (Fsp3) is 1.00. The minimum absolute atomic E-state index is 0.969. The molecule has 0 aliphatic rings. The number of hydrogen-bond donors (Lipinski definition) is 0. The Balaban J connectivity index is 2.97. The second-order valence-electron chi connectivity index (χ2n) is 3.74. The Labute approximate surface area is 72.4 Å². The van der Waals surface area contributed by atoms with Crippen LogP contribution in [0.15, 0.2) is 0 Å². The molecular formula is C11H24. The Morgan fingerprint density at radius 1 is 0.818 bits per heavy atom. The second-order valence-corrected chi connectivity index (χ2v) is 3.74. The van der Waals surface area contributed by atoms with Gasteiger partial charge in [0.25, 0.3) is 0 Å². The lowest BCUT2D eigenvalue weighted by Crippen LogP contribution is -1.93. The van der Waals surface area contributed by atoms with Gasteiger partial charge in [-0.25, -0.2) is 0 Å². The molecule has 1 atom stereocenters. The molecule has 0 saturated heterocycles. The Bertz CT molecular complexity index is 66.4. The highest BCUT2D eigenvalue weighted by Crippen LogP contribution is 2.14. The van der Waals surface area contributed by atoms with Crippen molar-refractivity contribution in [2.45, 2.75) is 65.7 Å². The first-order valence-electron chi connectivity index (χ1n) is 5.31. The molecule has 0 heterocycles. The van der Waals surface area contributed by atoms with E-state index < -0.39 is 0 Å². The van der Waals surface area contributed by atoms with E-state index in [2.05, 4.69) is 20.8 Å². The van der Waals surface area contributed by atoms with E-state index in [1.165, 1.54) is 44.9 Å². The molecular weight excluding hydrogens is 132 g/mol. The van der Waals surface area contributed by atoms with E-state index in [4.69, 9.17) is 0 Å². The molecule has 0 aromatic carbocycles. The molecule has 11 heavy (non-hydrogen) atoms. The fourth-order valence-electron chi connectivity index (χ4n) is 1.56. The molecule has 0 heteroatoms. The third-order valence-electron chi connectivity index (χ3n) is 2.33. The van der Waals surface area contributed by atoms with E-state index in [1.807, 2.05) is 0 Å². The van der Waals surface area contributed by atoms with Crippen molar-refractivity contribution in [3.63, 3.8) is 0 Å². The minimum atomic E-state index is 0.969. The first-order valence-corrected chi connectivity index (χ1v) is 5.31. The predicted octanol–water partition coefficient (Wildman–Crippen LogP) is 4.39. The highest BCUT2D eigenvalue weighted by Gasteiger charge is 1.98. The van der Waals surface area contributed by atoms with Crippen LogP contribution < -0.4 is 0 Å². The molecule has 0 fully saturated rings. The SMILES string of the molecule is CCCCCC[C@@H](C)CCC. The maximum Gasteiger partial charge on any atom is -0.0443 e. The van der Waals surface area contributed by atoms with Gasteiger partial charge in [-0.15, -0.1) is 0 Å². The first kappa shape index (κ1) is 11.0. The summed E-state index contributed by atoms with van der Waals surface area (Å²) >= 11 is 0. The fourth-order valence-corrected chi connectivity index (χ4v) is 1.56. The maximum atomic E-state index is 2.38. The van der Waals surface area contributed by atoms with Gasteiger partial charge in [0.05, 0.1) is 0 Å². The quantitative estimate of drug-likeness (QED) is 0.479. The third kappa shape index (κ3) is 7.90. The van der Waals surface area contributed by atoms with Crippen LogP contribution in [0, 0.1) is 5.92 Å². The van der Waals surface area contributed by atoms with Crippen LogP contribution in [-0.2, 0) is 0 Å². The molecule has 0 amide bonds. The average Bonchev–Trinajstić information content (AvgIpc) is 1.99. The zero-order valence-corrected chi connectivity index (χ0v) is 8.53. The van der Waals surface area contributed by atoms with E-state index in [-0.39, 0.29) is 0 Å². The zero-order chi connectivity index (χ0) is 8.53. The summed E-state index contributed by atoms with van der Waals surface area (Å²) in [5.41, 5.74) is 0. The summed E-state index contributed by atoms with van der Waals surface area (Å²) in [6.45, 7) is 6.94. The molecule has 0 aliphatic heterocycles. The van der Waals surface area contributed by atoms with Crippen LogP contribution >= 0.6 is 0 Å². The van der Waals surface area contributed by atoms with Gasteiger partial charge in [0.2, 0.25) is 0 Å². The van der Waals surface area contributed by atoms with Crippen molar-refractivity contribution < 1.29 is 0 Å². The topological polar surface area (TPSA) is 0 Å². The van der Waals surface area contributed by atoms with Crippen LogP contribution in [0.25, 0.3) is 0 Å². The van der Waals surface area contributed by atoms with Crippen molar-refractivity contribution in [1.82, 2.24) is 0 Å². The largest absolute Gasteiger partial charge is 0.0654 e. The molecule has 0 aliphatic carbocycles. The lowest BCUT2D eigenvalue weighted by atomic mass is 9.98. The van der Waals surface area contributed by atoms with Gasteiger partial charge in [-0.3, -0.25) is 0 Å². The molecule has 0 radical (unpaired) electrons. The zero-order valence-electron chi connectivity index (χ0n) is 8.53. The Morgan fingerprint density at radius 2 is 1.55 bits per heavy atom. The summed E-state index contributed by atoms with van der Waals surface area (Å²) in [5.74, 6) is 0.969. The molecule has 0 unspecified atom stereocenters. The van der Waals surface area contributed by atoms with Crippen LogP contribution in [0.2, 0.25) is 0 Å². The highest BCUT2D eigenvalue weighted by molar-refractivity contribution is 4.52. The van der Waals surface area contributed by atoms with Crippen molar-refractivity contribution in [2.75, 3.05) is 0 Å². The molecule has 0 aromatic heterocycles. The normalized spacial score (nSPS) is 13.4. The number of hydrogen-bond acceptors (Lipinski definition) is 0. The number of rotatable bonds is 7. The van der Waals surface area contributed by atoms with Gasteiger partial charge in [-0.05, 0) is 5.92 Å². The summed E-state index contributed by atoms with van der Waals surface area (Å²) in [4.78, 5) is 0. The summed E-state index contributed by atoms with van der Waals surface area (Å²) < 4.78 is 0. The molecule has 0 rings (SSSR count). The van der Waals surface area contributed by atoms with Gasteiger partial charge in [0.15, 0.2) is 0 Å². The van der Waals surface area contributed by atoms with E-state index in [0.29, 0.717) is 0 Å². The second kappa shape index (κ2) is 8.10. The molecule has 0 spiro atoms. The van der Waals surface area contributed by atoms with E-state index in [1.54, 1.807) is 0 Å². The van der Waals surface area contributed by atoms with Gasteiger partial charge in [-0.1, -0.05) is 65.7 Å². The Morgan fingerprint density at radius 3 is 2.09 bits per heavy atom. The van der Waals surface area contributed by atoms with Crippen molar-refractivity contribution in [2.24, 2.45) is 5.92 Å². The first-order chi connectivity index (χ1) is 5.31. The molecule has 0 aromatic rings. The standard InChI is InChI=1S/C11H24/c1-4-6-7-8-10-11(3)9-5-2/h11H,4-10H2,1-3H3/t11-/m0/s1. The molecule has 0 N–H and O–H groups in total. The van der Waals surface area contributed by atoms with Gasteiger partial charge in [-0.2, -0.15) is 0 Å². The van der Waals surface area contributed by atoms with Crippen LogP contribution in [0.4, 0.5) is 0 Å². The summed E-state index contributed by atoms with van der Waals surface area (Å²) in [6.07, 6.45) is 9.93. The molecule has 68 valence electrons. The Kier molecular flexibility index (Phi) is 8.10. The van der Waals surface area contributed by atoms with Crippen molar-refractivity contribution in [3.05, 3.63) is 0 Å². The van der Waals surface area contributed by atoms with Gasteiger partial charge >= 0.3 is 0 Å². The highest BCUT2D eigenvalue weighted by atomic mass is 14.0. The minimum Gasteiger partial charge on any atom is -0.0654 e. The van der Waals surface area contributed by atoms with E-state index in [0.717, 1.165) is 5.92 Å². The summed E-state index contributed by atoms with van der Waals surface area (Å²) in [7, 11) is 0. The van der Waals surface area contributed by atoms with E-state index >= 15 is 0 Å². The van der Waals surface area contributed by atoms with Gasteiger partial charge in [0, 0.05) is 0 Å². The predicted molar refractivity (Wildman–Crippen MR) is 52.8 cm³/mol. The molecule has 0 nitrogen and oxygen atoms in total. The maximum absolute atomic E-state index is 2.38. The smallest absolute Gasteiger partial charge is 0.0443 e. The van der Waals surface area contributed by atoms with Crippen LogP contribution in [-0.4, -0.2) is 0 Å². The summed E-state index contributed by atoms with van der Waals surface area (Å²) in [6, 6.07) is 0. The van der Waals surface area contributed by atoms with Crippen molar-refractivity contribution >= 4 is 0 Å². The molecule has 0 bridgehead atoms. The van der Waals surface area contributed by atoms with Crippen molar-refractivity contribution in [1.29, 1.82) is 0 Å². The monoisotopic (exact) mass is 156 g/mol. The van der Waals surface area contributed by atoms with E-state index in [9.17, 15) is 0 Å². The van der Waals surface area contributed by atoms with Crippen LogP contribution in [0.3, 0.4) is 0 Å². The van der Waals surface area contributed by atoms with Gasteiger partial charge < -0.3 is 0 Å². The number of unbranched alkanes of at least 4 members (excludes halogenated alkanes) is 3.